The number of nitrogens with one attached hydrogen (secondary N) is 1. The molecule has 4 nitrogen and oxygen atoms in total. The van der Waals surface area contributed by atoms with Gasteiger partial charge in [-0.2, -0.15) is 0 Å². The van der Waals surface area contributed by atoms with Crippen LogP contribution >= 0.6 is 0 Å². The Hall–Kier alpha value is -2.10. The quantitative estimate of drug-likeness (QED) is 0.756. The van der Waals surface area contributed by atoms with E-state index in [0.717, 1.165) is 0 Å². The third kappa shape index (κ3) is 1.61. The number of carbonyl (C=O) groups excluding carboxylic acids is 1. The van der Waals surface area contributed by atoms with Gasteiger partial charge in [-0.05, 0) is 12.1 Å². The molecule has 0 aliphatic rings. The summed E-state index contributed by atoms with van der Waals surface area (Å²) in [7, 11) is 1.55. The molecule has 0 atom stereocenters. The van der Waals surface area contributed by atoms with Crippen molar-refractivity contribution in [3.05, 3.63) is 35.4 Å². The number of fused-ring (bicyclic) bond motifs is 1. The van der Waals surface area contributed by atoms with Gasteiger partial charge in [0.25, 0.3) is 0 Å². The molecule has 0 saturated carbocycles. The van der Waals surface area contributed by atoms with Gasteiger partial charge >= 0.3 is 0 Å². The third-order valence-electron chi connectivity index (χ3n) is 2.13. The lowest BCUT2D eigenvalue weighted by molar-refractivity contribution is 0.112. The molecule has 0 amide bonds. The number of aldehydes is 1. The minimum Gasteiger partial charge on any atom is -0.497 e. The summed E-state index contributed by atoms with van der Waals surface area (Å²) < 4.78 is 10.2. The number of carbonyl (C=O) groups is 1. The van der Waals surface area contributed by atoms with Crippen LogP contribution in [0.5, 0.6) is 5.75 Å². The Morgan fingerprint density at radius 3 is 2.87 bits per heavy atom. The van der Waals surface area contributed by atoms with Gasteiger partial charge in [-0.25, -0.2) is 0 Å². The molecule has 0 aliphatic heterocycles. The lowest BCUT2D eigenvalue weighted by atomic mass is 10.1. The third-order valence-corrected chi connectivity index (χ3v) is 2.13. The molecule has 1 N–H and O–H groups in total. The van der Waals surface area contributed by atoms with E-state index in [-0.39, 0.29) is 5.55 Å². The average Bonchev–Trinajstić information content (AvgIpc) is 2.26. The molecule has 0 radical (unpaired) electrons. The summed E-state index contributed by atoms with van der Waals surface area (Å²) in [5, 5.41) is 8.06. The summed E-state index contributed by atoms with van der Waals surface area (Å²) >= 11 is 0. The number of hydrogen-bond donors (Lipinski definition) is 1. The SMILES string of the molecule is COc1ccc2c(C=O)cc(=N)oc2c1. The fourth-order valence-corrected chi connectivity index (χ4v) is 1.42. The van der Waals surface area contributed by atoms with Gasteiger partial charge in [-0.3, -0.25) is 10.2 Å². The van der Waals surface area contributed by atoms with Gasteiger partial charge in [0.1, 0.15) is 11.3 Å². The molecule has 1 aromatic heterocycles. The second-order valence-corrected chi connectivity index (χ2v) is 3.05. The Morgan fingerprint density at radius 2 is 2.20 bits per heavy atom. The molecule has 0 fully saturated rings. The molecule has 1 heterocycles. The molecule has 4 heteroatoms. The Morgan fingerprint density at radius 1 is 1.40 bits per heavy atom. The molecule has 76 valence electrons. The highest BCUT2D eigenvalue weighted by Gasteiger charge is 2.04. The molecule has 0 saturated heterocycles. The number of benzene rings is 1. The van der Waals surface area contributed by atoms with Crippen molar-refractivity contribution in [2.75, 3.05) is 7.11 Å². The first-order valence-corrected chi connectivity index (χ1v) is 4.36. The van der Waals surface area contributed by atoms with Crippen LogP contribution in [0.25, 0.3) is 11.0 Å². The molecular formula is C11H9NO3. The van der Waals surface area contributed by atoms with E-state index in [0.29, 0.717) is 28.6 Å². The van der Waals surface area contributed by atoms with Gasteiger partial charge in [-0.15, -0.1) is 0 Å². The van der Waals surface area contributed by atoms with Crippen LogP contribution in [0.2, 0.25) is 0 Å². The number of rotatable bonds is 2. The highest BCUT2D eigenvalue weighted by atomic mass is 16.5. The van der Waals surface area contributed by atoms with Gasteiger partial charge in [0, 0.05) is 23.1 Å². The van der Waals surface area contributed by atoms with Gasteiger partial charge in [0.05, 0.1) is 7.11 Å². The molecule has 2 aromatic rings. The van der Waals surface area contributed by atoms with Crippen molar-refractivity contribution in [1.29, 1.82) is 5.41 Å². The standard InChI is InChI=1S/C11H9NO3/c1-14-8-2-3-9-7(6-13)4-11(12)15-10(9)5-8/h2-6,12H,1H3. The summed E-state index contributed by atoms with van der Waals surface area (Å²) in [6.45, 7) is 0. The van der Waals surface area contributed by atoms with Crippen LogP contribution in [0, 0.1) is 5.41 Å². The van der Waals surface area contributed by atoms with Crippen molar-refractivity contribution >= 4 is 17.3 Å². The maximum atomic E-state index is 10.8. The van der Waals surface area contributed by atoms with Gasteiger partial charge in [0.2, 0.25) is 5.55 Å². The van der Waals surface area contributed by atoms with Crippen molar-refractivity contribution in [2.24, 2.45) is 0 Å². The molecule has 0 aliphatic carbocycles. The number of hydrogen-bond acceptors (Lipinski definition) is 4. The van der Waals surface area contributed by atoms with Crippen LogP contribution < -0.4 is 10.3 Å². The second-order valence-electron chi connectivity index (χ2n) is 3.05. The van der Waals surface area contributed by atoms with E-state index in [1.165, 1.54) is 6.07 Å². The Balaban J connectivity index is 2.83. The Labute approximate surface area is 85.6 Å². The summed E-state index contributed by atoms with van der Waals surface area (Å²) in [6.07, 6.45) is 0.711. The fraction of sp³-hybridized carbons (Fsp3) is 0.0909. The van der Waals surface area contributed by atoms with E-state index >= 15 is 0 Å². The summed E-state index contributed by atoms with van der Waals surface area (Å²) in [5.41, 5.74) is 0.880. The zero-order chi connectivity index (χ0) is 10.8. The monoisotopic (exact) mass is 203 g/mol. The van der Waals surface area contributed by atoms with Gasteiger partial charge in [0.15, 0.2) is 6.29 Å². The first-order valence-electron chi connectivity index (χ1n) is 4.36. The zero-order valence-corrected chi connectivity index (χ0v) is 8.11. The summed E-state index contributed by atoms with van der Waals surface area (Å²) in [4.78, 5) is 10.8. The van der Waals surface area contributed by atoms with Crippen LogP contribution in [0.1, 0.15) is 10.4 Å². The Bertz CT molecular complexity index is 572. The molecular weight excluding hydrogens is 194 g/mol. The smallest absolute Gasteiger partial charge is 0.212 e. The van der Waals surface area contributed by atoms with E-state index in [4.69, 9.17) is 14.6 Å². The van der Waals surface area contributed by atoms with Crippen molar-refractivity contribution < 1.29 is 13.9 Å². The van der Waals surface area contributed by atoms with E-state index < -0.39 is 0 Å². The molecule has 15 heavy (non-hydrogen) atoms. The minimum atomic E-state index is -0.0437. The first kappa shape index (κ1) is 9.45. The predicted molar refractivity (Wildman–Crippen MR) is 54.0 cm³/mol. The Kier molecular flexibility index (Phi) is 2.25. The van der Waals surface area contributed by atoms with Gasteiger partial charge < -0.3 is 9.15 Å². The van der Waals surface area contributed by atoms with Crippen molar-refractivity contribution in [2.45, 2.75) is 0 Å². The lowest BCUT2D eigenvalue weighted by Crippen LogP contribution is -2.00. The van der Waals surface area contributed by atoms with E-state index in [1.807, 2.05) is 0 Å². The molecule has 2 rings (SSSR count). The molecule has 0 unspecified atom stereocenters. The normalized spacial score (nSPS) is 10.2. The highest BCUT2D eigenvalue weighted by molar-refractivity contribution is 5.95. The average molecular weight is 203 g/mol. The van der Waals surface area contributed by atoms with Crippen LogP contribution in [0.3, 0.4) is 0 Å². The van der Waals surface area contributed by atoms with Crippen LogP contribution in [0.4, 0.5) is 0 Å². The number of ether oxygens (including phenoxy) is 1. The highest BCUT2D eigenvalue weighted by Crippen LogP contribution is 2.21. The van der Waals surface area contributed by atoms with Crippen LogP contribution in [-0.4, -0.2) is 13.4 Å². The number of methoxy groups -OCH3 is 1. The van der Waals surface area contributed by atoms with Gasteiger partial charge in [-0.1, -0.05) is 0 Å². The van der Waals surface area contributed by atoms with Crippen LogP contribution in [-0.2, 0) is 0 Å². The topological polar surface area (TPSA) is 63.3 Å². The lowest BCUT2D eigenvalue weighted by Gasteiger charge is -2.02. The molecule has 1 aromatic carbocycles. The summed E-state index contributed by atoms with van der Waals surface area (Å²) in [6, 6.07) is 6.53. The summed E-state index contributed by atoms with van der Waals surface area (Å²) in [5.74, 6) is 0.633. The molecule has 0 spiro atoms. The van der Waals surface area contributed by atoms with E-state index in [1.54, 1.807) is 25.3 Å². The predicted octanol–water partition coefficient (Wildman–Crippen LogP) is 1.73. The second kappa shape index (κ2) is 3.57. The van der Waals surface area contributed by atoms with Crippen molar-refractivity contribution in [3.8, 4) is 5.75 Å². The van der Waals surface area contributed by atoms with E-state index in [2.05, 4.69) is 0 Å². The zero-order valence-electron chi connectivity index (χ0n) is 8.11. The van der Waals surface area contributed by atoms with Crippen molar-refractivity contribution in [3.63, 3.8) is 0 Å². The molecule has 0 bridgehead atoms. The van der Waals surface area contributed by atoms with E-state index in [9.17, 15) is 4.79 Å². The van der Waals surface area contributed by atoms with Crippen molar-refractivity contribution in [1.82, 2.24) is 0 Å². The largest absolute Gasteiger partial charge is 0.497 e. The fourth-order valence-electron chi connectivity index (χ4n) is 1.42. The first-order chi connectivity index (χ1) is 7.24. The maximum Gasteiger partial charge on any atom is 0.212 e. The van der Waals surface area contributed by atoms with Crippen LogP contribution in [0.15, 0.2) is 28.7 Å². The maximum absolute atomic E-state index is 10.8. The minimum absolute atomic E-state index is 0.0437.